The number of nitrogens with zero attached hydrogens (tertiary/aromatic N) is 1. The van der Waals surface area contributed by atoms with Crippen molar-refractivity contribution in [3.8, 4) is 0 Å². The van der Waals surface area contributed by atoms with Gasteiger partial charge in [0.1, 0.15) is 12.7 Å². The minimum Gasteiger partial charge on any atom is -0.741 e. The summed E-state index contributed by atoms with van der Waals surface area (Å²) < 4.78 is 61.2. The number of hydrogen-bond acceptors (Lipinski definition) is 5. The molecule has 1 atom stereocenters. The topological polar surface area (TPSA) is 72.2 Å². The van der Waals surface area contributed by atoms with Gasteiger partial charge in [0.05, 0.1) is 0 Å². The van der Waals surface area contributed by atoms with Crippen molar-refractivity contribution in [2.45, 2.75) is 11.0 Å². The molecule has 0 aromatic rings. The van der Waals surface area contributed by atoms with Crippen molar-refractivity contribution >= 4 is 27.6 Å². The molecule has 2 rings (SSSR count). The molecule has 2 aliphatic rings. The number of nitrogens with one attached hydrogen (secondary N) is 1. The molecule has 0 bridgehead atoms. The molecule has 5 nitrogen and oxygen atoms in total. The lowest BCUT2D eigenvalue weighted by Gasteiger charge is -2.08. The normalized spacial score (nSPS) is 21.0. The lowest BCUT2D eigenvalue weighted by molar-refractivity contribution is -0.506. The molecule has 0 spiro atoms. The third kappa shape index (κ3) is 4.61. The van der Waals surface area contributed by atoms with Crippen molar-refractivity contribution in [1.82, 2.24) is 5.32 Å². The van der Waals surface area contributed by atoms with E-state index in [4.69, 9.17) is 13.0 Å². The van der Waals surface area contributed by atoms with E-state index >= 15 is 0 Å². The van der Waals surface area contributed by atoms with Crippen LogP contribution in [0.2, 0.25) is 0 Å². The molecule has 0 amide bonds. The second kappa shape index (κ2) is 6.67. The van der Waals surface area contributed by atoms with E-state index in [1.165, 1.54) is 11.4 Å². The van der Waals surface area contributed by atoms with Gasteiger partial charge < -0.3 is 9.87 Å². The molecule has 0 aromatic carbocycles. The van der Waals surface area contributed by atoms with E-state index < -0.39 is 15.6 Å². The van der Waals surface area contributed by atoms with Crippen molar-refractivity contribution in [2.24, 2.45) is 0 Å². The second-order valence-corrected chi connectivity index (χ2v) is 6.24. The van der Waals surface area contributed by atoms with Gasteiger partial charge in [0.2, 0.25) is 5.71 Å². The van der Waals surface area contributed by atoms with E-state index in [1.54, 1.807) is 0 Å². The second-order valence-electron chi connectivity index (χ2n) is 3.95. The van der Waals surface area contributed by atoms with Gasteiger partial charge in [-0.1, -0.05) is 30.0 Å². The first-order valence-electron chi connectivity index (χ1n) is 5.54. The van der Waals surface area contributed by atoms with E-state index in [-0.39, 0.29) is 0 Å². The van der Waals surface area contributed by atoms with Gasteiger partial charge in [-0.2, -0.15) is 17.7 Å². The summed E-state index contributed by atoms with van der Waals surface area (Å²) in [7, 11) is -3.98. The van der Waals surface area contributed by atoms with Gasteiger partial charge in [-0.15, -0.1) is 0 Å². The average Bonchev–Trinajstić information content (AvgIpc) is 2.53. The zero-order valence-corrected chi connectivity index (χ0v) is 12.7. The first kappa shape index (κ1) is 17.8. The predicted molar refractivity (Wildman–Crippen MR) is 73.7 cm³/mol. The van der Waals surface area contributed by atoms with Gasteiger partial charge in [-0.3, -0.25) is 0 Å². The Morgan fingerprint density at radius 1 is 1.33 bits per heavy atom. The number of alkyl halides is 3. The average molecular weight is 342 g/mol. The van der Waals surface area contributed by atoms with Crippen molar-refractivity contribution in [1.29, 1.82) is 0 Å². The first-order chi connectivity index (χ1) is 9.58. The summed E-state index contributed by atoms with van der Waals surface area (Å²) in [4.78, 5) is 0. The highest BCUT2D eigenvalue weighted by molar-refractivity contribution is 7.99. The summed E-state index contributed by atoms with van der Waals surface area (Å²) in [5.74, 6) is 0. The maximum Gasteiger partial charge on any atom is 0.485 e. The monoisotopic (exact) mass is 342 g/mol. The third-order valence-corrected chi connectivity index (χ3v) is 3.98. The SMILES string of the molecule is CSC1NC2=CC=CC=CC2=[N+]1C.O=S(=O)([O-])C(F)(F)F. The van der Waals surface area contributed by atoms with E-state index in [0.717, 1.165) is 0 Å². The molecule has 21 heavy (non-hydrogen) atoms. The van der Waals surface area contributed by atoms with Crippen molar-refractivity contribution in [3.05, 3.63) is 36.1 Å². The van der Waals surface area contributed by atoms with Gasteiger partial charge in [-0.25, -0.2) is 8.42 Å². The molecule has 0 radical (unpaired) electrons. The van der Waals surface area contributed by atoms with E-state index in [9.17, 15) is 13.2 Å². The molecular weight excluding hydrogens is 329 g/mol. The lowest BCUT2D eigenvalue weighted by Crippen LogP contribution is -2.25. The Morgan fingerprint density at radius 3 is 2.38 bits per heavy atom. The molecule has 1 aliphatic carbocycles. The smallest absolute Gasteiger partial charge is 0.485 e. The van der Waals surface area contributed by atoms with Crippen LogP contribution in [0, 0.1) is 0 Å². The molecule has 0 fully saturated rings. The van der Waals surface area contributed by atoms with Crippen LogP contribution >= 0.6 is 11.8 Å². The highest BCUT2D eigenvalue weighted by Crippen LogP contribution is 2.20. The largest absolute Gasteiger partial charge is 0.741 e. The number of thioether (sulfide) groups is 1. The van der Waals surface area contributed by atoms with E-state index in [1.807, 2.05) is 17.8 Å². The number of hydrogen-bond donors (Lipinski definition) is 1. The van der Waals surface area contributed by atoms with Crippen LogP contribution < -0.4 is 5.32 Å². The Balaban J connectivity index is 0.000000240. The maximum absolute atomic E-state index is 10.7. The fourth-order valence-electron chi connectivity index (χ4n) is 1.54. The van der Waals surface area contributed by atoms with E-state index in [0.29, 0.717) is 5.50 Å². The van der Waals surface area contributed by atoms with Crippen LogP contribution in [0.15, 0.2) is 36.1 Å². The van der Waals surface area contributed by atoms with Crippen molar-refractivity contribution in [2.75, 3.05) is 13.3 Å². The fraction of sp³-hybridized carbons (Fsp3) is 0.364. The molecule has 1 unspecified atom stereocenters. The summed E-state index contributed by atoms with van der Waals surface area (Å²) in [5.41, 5.74) is -2.79. The van der Waals surface area contributed by atoms with E-state index in [2.05, 4.69) is 47.5 Å². The summed E-state index contributed by atoms with van der Waals surface area (Å²) in [5, 5.41) is 3.44. The number of halogens is 3. The molecular formula is C11H13F3N2O3S2. The minimum atomic E-state index is -6.09. The van der Waals surface area contributed by atoms with Gasteiger partial charge in [0, 0.05) is 6.08 Å². The van der Waals surface area contributed by atoms with Gasteiger partial charge in [0.25, 0.3) is 5.50 Å². The quantitative estimate of drug-likeness (QED) is 0.443. The Morgan fingerprint density at radius 2 is 1.90 bits per heavy atom. The van der Waals surface area contributed by atoms with Crippen molar-refractivity contribution in [3.63, 3.8) is 0 Å². The standard InChI is InChI=1S/C10H12N2S.CHF3O3S/c1-12-9-7-5-3-4-6-8(9)11-10(12)13-2;2-1(3,4)8(5,6)7/h3-7,10H,1-2H3;(H,5,6,7). The molecule has 1 aliphatic heterocycles. The summed E-state index contributed by atoms with van der Waals surface area (Å²) in [6.45, 7) is 0. The van der Waals surface area contributed by atoms with Crippen LogP contribution in [-0.4, -0.2) is 47.6 Å². The lowest BCUT2D eigenvalue weighted by atomic mass is 10.2. The molecule has 118 valence electrons. The minimum absolute atomic E-state index is 0.373. The highest BCUT2D eigenvalue weighted by Gasteiger charge is 2.37. The van der Waals surface area contributed by atoms with Gasteiger partial charge in [-0.05, 0) is 12.3 Å². The van der Waals surface area contributed by atoms with Crippen LogP contribution in [0.5, 0.6) is 0 Å². The van der Waals surface area contributed by atoms with Gasteiger partial charge >= 0.3 is 5.51 Å². The van der Waals surface area contributed by atoms with Crippen LogP contribution in [0.3, 0.4) is 0 Å². The molecule has 1 heterocycles. The predicted octanol–water partition coefficient (Wildman–Crippen LogP) is 1.38. The number of fused-ring (bicyclic) bond motifs is 1. The zero-order chi connectivity index (χ0) is 16.3. The Hall–Kier alpha value is -1.26. The highest BCUT2D eigenvalue weighted by atomic mass is 32.2. The fourth-order valence-corrected chi connectivity index (χ4v) is 2.22. The molecule has 0 aromatic heterocycles. The molecule has 1 N–H and O–H groups in total. The van der Waals surface area contributed by atoms with Crippen LogP contribution in [0.4, 0.5) is 13.2 Å². The zero-order valence-electron chi connectivity index (χ0n) is 11.1. The molecule has 0 saturated carbocycles. The van der Waals surface area contributed by atoms with Crippen LogP contribution in [-0.2, 0) is 10.1 Å². The molecule has 10 heteroatoms. The maximum atomic E-state index is 10.7. The van der Waals surface area contributed by atoms with Crippen LogP contribution in [0.1, 0.15) is 0 Å². The van der Waals surface area contributed by atoms with Crippen molar-refractivity contribution < 1.29 is 30.7 Å². The Labute approximate surface area is 124 Å². The third-order valence-electron chi connectivity index (χ3n) is 2.53. The van der Waals surface area contributed by atoms with Gasteiger partial charge in [0.15, 0.2) is 10.1 Å². The summed E-state index contributed by atoms with van der Waals surface area (Å²) >= 11 is 1.81. The Kier molecular flexibility index (Phi) is 5.65. The first-order valence-corrected chi connectivity index (χ1v) is 8.24. The Bertz CT molecular complexity index is 619. The number of rotatable bonds is 1. The summed E-state index contributed by atoms with van der Waals surface area (Å²) in [6.07, 6.45) is 12.5. The van der Waals surface area contributed by atoms with Crippen LogP contribution in [0.25, 0.3) is 0 Å². The molecule has 0 saturated heterocycles. The summed E-state index contributed by atoms with van der Waals surface area (Å²) in [6, 6.07) is 0. The number of allylic oxidation sites excluding steroid dienone is 5.